The van der Waals surface area contributed by atoms with Crippen molar-refractivity contribution >= 4 is 28.2 Å². The van der Waals surface area contributed by atoms with E-state index >= 15 is 0 Å². The maximum Gasteiger partial charge on any atom is 0.0136 e. The Hall–Kier alpha value is -0.310. The van der Waals surface area contributed by atoms with Crippen molar-refractivity contribution in [3.63, 3.8) is 0 Å². The molecule has 1 aromatic carbocycles. The molecule has 1 aromatic rings. The lowest BCUT2D eigenvalue weighted by atomic mass is 9.94. The summed E-state index contributed by atoms with van der Waals surface area (Å²) >= 11 is 2.37. The number of halogens is 1. The van der Waals surface area contributed by atoms with Crippen molar-refractivity contribution in [3.05, 3.63) is 39.5 Å². The van der Waals surface area contributed by atoms with Gasteiger partial charge < -0.3 is 0 Å². The van der Waals surface area contributed by atoms with E-state index in [0.29, 0.717) is 0 Å². The van der Waals surface area contributed by atoms with Crippen LogP contribution in [0.2, 0.25) is 0 Å². The van der Waals surface area contributed by atoms with Gasteiger partial charge in [-0.3, -0.25) is 0 Å². The topological polar surface area (TPSA) is 0 Å². The maximum atomic E-state index is 2.40. The lowest BCUT2D eigenvalue weighted by Gasteiger charge is -2.12. The van der Waals surface area contributed by atoms with E-state index < -0.39 is 0 Å². The molecule has 0 amide bonds. The van der Waals surface area contributed by atoms with Gasteiger partial charge in [-0.1, -0.05) is 18.2 Å². The molecule has 0 heterocycles. The number of hydrogen-bond acceptors (Lipinski definition) is 0. The molecule has 0 aliphatic heterocycles. The van der Waals surface area contributed by atoms with Crippen molar-refractivity contribution in [1.82, 2.24) is 0 Å². The van der Waals surface area contributed by atoms with Crippen LogP contribution in [0.15, 0.2) is 30.3 Å². The molecule has 0 spiro atoms. The summed E-state index contributed by atoms with van der Waals surface area (Å²) in [5.74, 6) is 0. The quantitative estimate of drug-likeness (QED) is 0.676. The molecule has 0 nitrogen and oxygen atoms in total. The molecule has 2 rings (SSSR count). The second kappa shape index (κ2) is 4.27. The first kappa shape index (κ1) is 9.25. The van der Waals surface area contributed by atoms with E-state index in [1.807, 2.05) is 0 Å². The lowest BCUT2D eigenvalue weighted by Crippen LogP contribution is -1.91. The average Bonchev–Trinajstić information content (AvgIpc) is 2.19. The average molecular weight is 284 g/mol. The zero-order valence-corrected chi connectivity index (χ0v) is 9.75. The second-order valence-electron chi connectivity index (χ2n) is 3.49. The molecule has 0 bridgehead atoms. The smallest absolute Gasteiger partial charge is 0.0136 e. The van der Waals surface area contributed by atoms with E-state index in [-0.39, 0.29) is 0 Å². The summed E-state index contributed by atoms with van der Waals surface area (Å²) in [6.45, 7) is 0. The first-order chi connectivity index (χ1) is 6.36. The molecule has 0 saturated heterocycles. The van der Waals surface area contributed by atoms with E-state index in [4.69, 9.17) is 0 Å². The van der Waals surface area contributed by atoms with Crippen LogP contribution in [0.25, 0.3) is 5.57 Å². The summed E-state index contributed by atoms with van der Waals surface area (Å²) in [4.78, 5) is 0. The van der Waals surface area contributed by atoms with Crippen molar-refractivity contribution in [2.45, 2.75) is 25.7 Å². The largest absolute Gasteiger partial charge is 0.0807 e. The van der Waals surface area contributed by atoms with Gasteiger partial charge in [-0.25, -0.2) is 0 Å². The van der Waals surface area contributed by atoms with Gasteiger partial charge >= 0.3 is 0 Å². The van der Waals surface area contributed by atoms with Crippen molar-refractivity contribution in [1.29, 1.82) is 0 Å². The molecule has 0 atom stereocenters. The SMILES string of the molecule is Ic1cccc(C2=CCCCC2)c1. The van der Waals surface area contributed by atoms with Gasteiger partial charge in [0, 0.05) is 3.57 Å². The van der Waals surface area contributed by atoms with Gasteiger partial charge in [-0.15, -0.1) is 0 Å². The number of benzene rings is 1. The molecule has 0 saturated carbocycles. The molecule has 0 N–H and O–H groups in total. The van der Waals surface area contributed by atoms with Gasteiger partial charge in [0.25, 0.3) is 0 Å². The van der Waals surface area contributed by atoms with E-state index in [0.717, 1.165) is 0 Å². The van der Waals surface area contributed by atoms with E-state index in [9.17, 15) is 0 Å². The Kier molecular flexibility index (Phi) is 3.04. The molecule has 68 valence electrons. The Labute approximate surface area is 93.2 Å². The summed E-state index contributed by atoms with van der Waals surface area (Å²) in [6, 6.07) is 8.79. The standard InChI is InChI=1S/C12H13I/c13-12-8-4-7-11(9-12)10-5-2-1-3-6-10/h4-5,7-9H,1-3,6H2. The van der Waals surface area contributed by atoms with Crippen LogP contribution < -0.4 is 0 Å². The zero-order valence-electron chi connectivity index (χ0n) is 7.59. The van der Waals surface area contributed by atoms with Gasteiger partial charge in [0.05, 0.1) is 0 Å². The van der Waals surface area contributed by atoms with Gasteiger partial charge in [-0.2, -0.15) is 0 Å². The van der Waals surface area contributed by atoms with E-state index in [2.05, 4.69) is 52.9 Å². The Morgan fingerprint density at radius 2 is 2.08 bits per heavy atom. The fourth-order valence-electron chi connectivity index (χ4n) is 1.79. The summed E-state index contributed by atoms with van der Waals surface area (Å²) in [5.41, 5.74) is 2.97. The van der Waals surface area contributed by atoms with Crippen LogP contribution >= 0.6 is 22.6 Å². The molecule has 1 heteroatoms. The molecular weight excluding hydrogens is 271 g/mol. The highest BCUT2D eigenvalue weighted by molar-refractivity contribution is 14.1. The van der Waals surface area contributed by atoms with Crippen molar-refractivity contribution in [3.8, 4) is 0 Å². The minimum atomic E-state index is 1.26. The monoisotopic (exact) mass is 284 g/mol. The molecular formula is C12H13I. The Morgan fingerprint density at radius 3 is 2.77 bits per heavy atom. The molecule has 1 aliphatic carbocycles. The maximum absolute atomic E-state index is 2.40. The van der Waals surface area contributed by atoms with Crippen LogP contribution in [0.4, 0.5) is 0 Å². The predicted molar refractivity (Wildman–Crippen MR) is 65.6 cm³/mol. The molecule has 0 aromatic heterocycles. The highest BCUT2D eigenvalue weighted by Crippen LogP contribution is 2.27. The summed E-state index contributed by atoms with van der Waals surface area (Å²) in [7, 11) is 0. The van der Waals surface area contributed by atoms with Crippen LogP contribution in [0.3, 0.4) is 0 Å². The van der Waals surface area contributed by atoms with Crippen LogP contribution in [0.1, 0.15) is 31.2 Å². The van der Waals surface area contributed by atoms with E-state index in [1.54, 1.807) is 5.57 Å². The molecule has 1 aliphatic rings. The molecule has 0 unspecified atom stereocenters. The summed E-state index contributed by atoms with van der Waals surface area (Å²) < 4.78 is 1.33. The highest BCUT2D eigenvalue weighted by Gasteiger charge is 2.05. The fourth-order valence-corrected chi connectivity index (χ4v) is 2.33. The van der Waals surface area contributed by atoms with Gasteiger partial charge in [0.1, 0.15) is 0 Å². The minimum absolute atomic E-state index is 1.26. The number of hydrogen-bond donors (Lipinski definition) is 0. The van der Waals surface area contributed by atoms with Crippen molar-refractivity contribution in [2.75, 3.05) is 0 Å². The fraction of sp³-hybridized carbons (Fsp3) is 0.333. The second-order valence-corrected chi connectivity index (χ2v) is 4.73. The van der Waals surface area contributed by atoms with Gasteiger partial charge in [0.2, 0.25) is 0 Å². The van der Waals surface area contributed by atoms with Crippen molar-refractivity contribution in [2.24, 2.45) is 0 Å². The summed E-state index contributed by atoms with van der Waals surface area (Å²) in [5, 5.41) is 0. The van der Waals surface area contributed by atoms with Gasteiger partial charge in [-0.05, 0) is 71.5 Å². The minimum Gasteiger partial charge on any atom is -0.0807 e. The Morgan fingerprint density at radius 1 is 1.15 bits per heavy atom. The Balaban J connectivity index is 2.29. The van der Waals surface area contributed by atoms with Gasteiger partial charge in [0.15, 0.2) is 0 Å². The van der Waals surface area contributed by atoms with E-state index in [1.165, 1.54) is 34.8 Å². The first-order valence-electron chi connectivity index (χ1n) is 4.81. The molecule has 0 radical (unpaired) electrons. The third-order valence-electron chi connectivity index (χ3n) is 2.49. The lowest BCUT2D eigenvalue weighted by molar-refractivity contribution is 0.742. The molecule has 13 heavy (non-hydrogen) atoms. The molecule has 0 fully saturated rings. The highest BCUT2D eigenvalue weighted by atomic mass is 127. The van der Waals surface area contributed by atoms with Crippen molar-refractivity contribution < 1.29 is 0 Å². The van der Waals surface area contributed by atoms with Crippen LogP contribution in [-0.4, -0.2) is 0 Å². The third kappa shape index (κ3) is 2.33. The Bertz CT molecular complexity index is 326. The number of allylic oxidation sites excluding steroid dienone is 2. The third-order valence-corrected chi connectivity index (χ3v) is 3.16. The summed E-state index contributed by atoms with van der Waals surface area (Å²) in [6.07, 6.45) is 7.65. The number of rotatable bonds is 1. The normalized spacial score (nSPS) is 16.8. The van der Waals surface area contributed by atoms with Crippen LogP contribution in [0.5, 0.6) is 0 Å². The zero-order chi connectivity index (χ0) is 9.10. The van der Waals surface area contributed by atoms with Crippen LogP contribution in [0, 0.1) is 3.57 Å². The first-order valence-corrected chi connectivity index (χ1v) is 5.89. The predicted octanol–water partition coefficient (Wildman–Crippen LogP) is 4.25. The van der Waals surface area contributed by atoms with Crippen LogP contribution in [-0.2, 0) is 0 Å².